The van der Waals surface area contributed by atoms with Gasteiger partial charge in [0.15, 0.2) is 0 Å². The number of carbonyl (C=O) groups excluding carboxylic acids is 1. The molecule has 2 aromatic heterocycles. The van der Waals surface area contributed by atoms with Gasteiger partial charge in [-0.15, -0.1) is 0 Å². The van der Waals surface area contributed by atoms with Gasteiger partial charge in [0.05, 0.1) is 16.8 Å². The Bertz CT molecular complexity index is 1200. The largest absolute Gasteiger partial charge is 0.406 e. The summed E-state index contributed by atoms with van der Waals surface area (Å²) in [5.74, 6) is 0.614. The maximum Gasteiger partial charge on any atom is 0.396 e. The van der Waals surface area contributed by atoms with Crippen molar-refractivity contribution in [3.05, 3.63) is 40.5 Å². The zero-order valence-corrected chi connectivity index (χ0v) is 20.9. The second kappa shape index (κ2) is 9.81. The van der Waals surface area contributed by atoms with Crippen molar-refractivity contribution < 1.29 is 18.3 Å². The van der Waals surface area contributed by atoms with Crippen molar-refractivity contribution in [1.82, 2.24) is 25.0 Å². The van der Waals surface area contributed by atoms with Crippen molar-refractivity contribution in [3.8, 4) is 5.19 Å². The van der Waals surface area contributed by atoms with Crippen LogP contribution in [0.5, 0.6) is 5.19 Å². The van der Waals surface area contributed by atoms with Crippen LogP contribution in [0.1, 0.15) is 60.0 Å². The van der Waals surface area contributed by atoms with E-state index in [-0.39, 0.29) is 17.1 Å². The van der Waals surface area contributed by atoms with Gasteiger partial charge in [0.25, 0.3) is 11.1 Å². The van der Waals surface area contributed by atoms with E-state index in [9.17, 15) is 13.6 Å². The van der Waals surface area contributed by atoms with Crippen LogP contribution in [-0.2, 0) is 20.0 Å². The molecule has 1 aliphatic heterocycles. The molecule has 1 aromatic carbocycles. The Labute approximate surface area is 207 Å². The number of hydrogen-bond acceptors (Lipinski definition) is 6. The van der Waals surface area contributed by atoms with Gasteiger partial charge in [-0.1, -0.05) is 17.4 Å². The summed E-state index contributed by atoms with van der Waals surface area (Å²) in [5, 5.41) is 8.57. The first-order chi connectivity index (χ1) is 16.7. The van der Waals surface area contributed by atoms with E-state index in [0.29, 0.717) is 18.0 Å². The van der Waals surface area contributed by atoms with Crippen molar-refractivity contribution in [2.45, 2.75) is 64.1 Å². The Morgan fingerprint density at radius 1 is 1.29 bits per heavy atom. The lowest BCUT2D eigenvalue weighted by atomic mass is 9.84. The third-order valence-corrected chi connectivity index (χ3v) is 8.03. The first-order valence-corrected chi connectivity index (χ1v) is 13.1. The molecule has 5 rings (SSSR count). The van der Waals surface area contributed by atoms with Crippen molar-refractivity contribution in [2.75, 3.05) is 13.1 Å². The number of aromatic nitrogens is 3. The van der Waals surface area contributed by atoms with Gasteiger partial charge in [-0.25, -0.2) is 4.98 Å². The molecular formula is C25H31F2N5O2S. The van der Waals surface area contributed by atoms with Crippen LogP contribution in [0.2, 0.25) is 0 Å². The second-order valence-electron chi connectivity index (χ2n) is 9.81. The van der Waals surface area contributed by atoms with Gasteiger partial charge in [-0.05, 0) is 63.1 Å². The lowest BCUT2D eigenvalue weighted by Crippen LogP contribution is -2.38. The highest BCUT2D eigenvalue weighted by Gasteiger charge is 2.29. The number of carbonyl (C=O) groups is 1. The number of alkyl halides is 2. The highest BCUT2D eigenvalue weighted by Crippen LogP contribution is 2.33. The molecule has 1 aliphatic carbocycles. The van der Waals surface area contributed by atoms with Gasteiger partial charge in [0.2, 0.25) is 0 Å². The number of ether oxygens (including phenoxy) is 1. The molecule has 0 radical (unpaired) electrons. The molecule has 1 saturated carbocycles. The molecule has 1 amide bonds. The number of nitrogens with one attached hydrogen (secondary N) is 1. The topological polar surface area (TPSA) is 72.3 Å². The van der Waals surface area contributed by atoms with Gasteiger partial charge >= 0.3 is 6.11 Å². The van der Waals surface area contributed by atoms with Gasteiger partial charge < -0.3 is 10.1 Å². The Kier molecular flexibility index (Phi) is 6.76. The average Bonchev–Trinajstić information content (AvgIpc) is 3.38. The van der Waals surface area contributed by atoms with Crippen molar-refractivity contribution >= 4 is 28.1 Å². The van der Waals surface area contributed by atoms with Crippen LogP contribution < -0.4 is 10.1 Å². The molecule has 35 heavy (non-hydrogen) atoms. The van der Waals surface area contributed by atoms with E-state index in [1.807, 2.05) is 31.4 Å². The van der Waals surface area contributed by atoms with E-state index in [1.54, 1.807) is 4.68 Å². The number of halogens is 2. The Balaban J connectivity index is 1.07. The van der Waals surface area contributed by atoms with Crippen LogP contribution in [-0.4, -0.2) is 50.8 Å². The third kappa shape index (κ3) is 5.81. The van der Waals surface area contributed by atoms with E-state index in [1.165, 1.54) is 11.3 Å². The average molecular weight is 504 g/mol. The monoisotopic (exact) mass is 503 g/mol. The first-order valence-electron chi connectivity index (χ1n) is 12.2. The van der Waals surface area contributed by atoms with Crippen LogP contribution >= 0.6 is 11.3 Å². The standard InChI is InChI=1S/C25H31F2N5O2S/c1-25(26,27)34-24-29-21-15-32(13-11-22(21)35-24)12-10-16-6-8-17(9-7-16)28-23(33)18-4-3-5-20-19(18)14-31(2)30-20/h3-5,14,16-17H,6-13,15H2,1-2H3,(H,28,33). The van der Waals surface area contributed by atoms with Crippen LogP contribution in [0, 0.1) is 5.92 Å². The molecule has 0 saturated heterocycles. The summed E-state index contributed by atoms with van der Waals surface area (Å²) in [7, 11) is 1.86. The smallest absolute Gasteiger partial charge is 0.396 e. The summed E-state index contributed by atoms with van der Waals surface area (Å²) in [6.07, 6.45) is 4.79. The van der Waals surface area contributed by atoms with Crippen LogP contribution in [0.3, 0.4) is 0 Å². The maximum atomic E-state index is 13.1. The van der Waals surface area contributed by atoms with Crippen molar-refractivity contribution in [1.29, 1.82) is 0 Å². The minimum absolute atomic E-state index is 0.0244. The number of benzene rings is 1. The van der Waals surface area contributed by atoms with Gasteiger partial charge in [-0.3, -0.25) is 14.4 Å². The quantitative estimate of drug-likeness (QED) is 0.504. The van der Waals surface area contributed by atoms with E-state index >= 15 is 0 Å². The predicted octanol–water partition coefficient (Wildman–Crippen LogP) is 4.76. The van der Waals surface area contributed by atoms with Crippen molar-refractivity contribution in [2.24, 2.45) is 13.0 Å². The lowest BCUT2D eigenvalue weighted by Gasteiger charge is -2.32. The fourth-order valence-electron chi connectivity index (χ4n) is 5.20. The molecule has 10 heteroatoms. The van der Waals surface area contributed by atoms with Gasteiger partial charge in [0.1, 0.15) is 0 Å². The number of amides is 1. The normalized spacial score (nSPS) is 21.1. The molecule has 2 aliphatic rings. The molecule has 7 nitrogen and oxygen atoms in total. The molecule has 3 aromatic rings. The fourth-order valence-corrected chi connectivity index (χ4v) is 6.18. The minimum Gasteiger partial charge on any atom is -0.406 e. The molecular weight excluding hydrogens is 472 g/mol. The van der Waals surface area contributed by atoms with Crippen LogP contribution in [0.25, 0.3) is 10.9 Å². The van der Waals surface area contributed by atoms with Crippen molar-refractivity contribution in [3.63, 3.8) is 0 Å². The van der Waals surface area contributed by atoms with Gasteiger partial charge in [-0.2, -0.15) is 13.9 Å². The summed E-state index contributed by atoms with van der Waals surface area (Å²) in [6.45, 7) is 3.32. The first kappa shape index (κ1) is 24.1. The Morgan fingerprint density at radius 3 is 2.86 bits per heavy atom. The van der Waals surface area contributed by atoms with E-state index in [2.05, 4.69) is 25.0 Å². The summed E-state index contributed by atoms with van der Waals surface area (Å²) < 4.78 is 32.7. The maximum absolute atomic E-state index is 13.1. The fraction of sp³-hybridized carbons (Fsp3) is 0.560. The van der Waals surface area contributed by atoms with Crippen LogP contribution in [0.15, 0.2) is 24.4 Å². The minimum atomic E-state index is -3.20. The molecule has 0 atom stereocenters. The molecule has 188 valence electrons. The molecule has 3 heterocycles. The third-order valence-electron chi connectivity index (χ3n) is 7.00. The molecule has 0 spiro atoms. The predicted molar refractivity (Wildman–Crippen MR) is 131 cm³/mol. The number of rotatable bonds is 7. The molecule has 1 N–H and O–H groups in total. The zero-order chi connectivity index (χ0) is 24.6. The highest BCUT2D eigenvalue weighted by atomic mass is 32.1. The molecule has 0 bridgehead atoms. The highest BCUT2D eigenvalue weighted by molar-refractivity contribution is 7.13. The lowest BCUT2D eigenvalue weighted by molar-refractivity contribution is -0.159. The van der Waals surface area contributed by atoms with E-state index in [4.69, 9.17) is 0 Å². The number of fused-ring (bicyclic) bond motifs is 2. The number of hydrogen-bond donors (Lipinski definition) is 1. The number of nitrogens with zero attached hydrogens (tertiary/aromatic N) is 4. The second-order valence-corrected chi connectivity index (χ2v) is 10.9. The zero-order valence-electron chi connectivity index (χ0n) is 20.1. The summed E-state index contributed by atoms with van der Waals surface area (Å²) >= 11 is 1.24. The number of aryl methyl sites for hydroxylation is 1. The summed E-state index contributed by atoms with van der Waals surface area (Å²) in [6, 6.07) is 5.86. The molecule has 0 unspecified atom stereocenters. The number of thiazole rings is 1. The van der Waals surface area contributed by atoms with E-state index in [0.717, 1.165) is 80.0 Å². The SMILES string of the molecule is Cn1cc2c(C(=O)NC3CCC(CCN4CCc5sc(OC(C)(F)F)nc5C4)CC3)cccc2n1. The Hall–Kier alpha value is -2.59. The van der Waals surface area contributed by atoms with E-state index < -0.39 is 6.11 Å². The Morgan fingerprint density at radius 2 is 2.09 bits per heavy atom. The molecule has 1 fully saturated rings. The van der Waals surface area contributed by atoms with Gasteiger partial charge in [0, 0.05) is 49.6 Å². The summed E-state index contributed by atoms with van der Waals surface area (Å²) in [4.78, 5) is 20.6. The van der Waals surface area contributed by atoms with Crippen LogP contribution in [0.4, 0.5) is 8.78 Å². The summed E-state index contributed by atoms with van der Waals surface area (Å²) in [5.41, 5.74) is 2.38.